The normalized spacial score (nSPS) is 14.9. The Bertz CT molecular complexity index is 533. The van der Waals surface area contributed by atoms with Crippen molar-refractivity contribution < 1.29 is 14.2 Å². The van der Waals surface area contributed by atoms with Gasteiger partial charge in [-0.05, 0) is 25.2 Å². The Kier molecular flexibility index (Phi) is 3.81. The summed E-state index contributed by atoms with van der Waals surface area (Å²) in [6, 6.07) is 0. The Morgan fingerprint density at radius 1 is 1.44 bits per heavy atom. The number of ether oxygens (including phenoxy) is 1. The van der Waals surface area contributed by atoms with E-state index in [9.17, 15) is 19.1 Å². The van der Waals surface area contributed by atoms with Crippen LogP contribution in [0.1, 0.15) is 19.3 Å². The Morgan fingerprint density at radius 3 is 2.83 bits per heavy atom. The van der Waals surface area contributed by atoms with Crippen molar-refractivity contribution in [3.8, 4) is 5.88 Å². The van der Waals surface area contributed by atoms with Crippen LogP contribution in [0.15, 0.2) is 9.59 Å². The number of nitrogens with one attached hydrogen (secondary N) is 1. The molecular weight excluding hydrogens is 243 g/mol. The second-order valence-corrected chi connectivity index (χ2v) is 4.42. The molecule has 1 aromatic rings. The molecule has 0 bridgehead atoms. The van der Waals surface area contributed by atoms with Crippen LogP contribution in [0.3, 0.4) is 0 Å². The molecule has 7 heteroatoms. The fraction of sp³-hybridized carbons (Fsp3) is 0.636. The molecule has 0 spiro atoms. The predicted molar refractivity (Wildman–Crippen MR) is 61.1 cm³/mol. The highest BCUT2D eigenvalue weighted by molar-refractivity contribution is 5.09. The fourth-order valence-corrected chi connectivity index (χ4v) is 1.60. The monoisotopic (exact) mass is 258 g/mol. The van der Waals surface area contributed by atoms with Crippen LogP contribution in [-0.4, -0.2) is 27.9 Å². The van der Waals surface area contributed by atoms with Gasteiger partial charge in [-0.25, -0.2) is 4.79 Å². The summed E-state index contributed by atoms with van der Waals surface area (Å²) in [4.78, 5) is 24.0. The minimum absolute atomic E-state index is 0.100. The van der Waals surface area contributed by atoms with E-state index in [1.807, 2.05) is 0 Å². The molecule has 1 saturated carbocycles. The summed E-state index contributed by atoms with van der Waals surface area (Å²) in [5.41, 5.74) is -2.03. The second kappa shape index (κ2) is 5.34. The van der Waals surface area contributed by atoms with E-state index in [2.05, 4.69) is 0 Å². The molecule has 1 aromatic heterocycles. The van der Waals surface area contributed by atoms with Gasteiger partial charge in [0.05, 0.1) is 0 Å². The van der Waals surface area contributed by atoms with Crippen molar-refractivity contribution in [1.82, 2.24) is 9.55 Å². The van der Waals surface area contributed by atoms with Gasteiger partial charge in [0.1, 0.15) is 0 Å². The van der Waals surface area contributed by atoms with Crippen LogP contribution in [0, 0.1) is 11.7 Å². The maximum absolute atomic E-state index is 13.1. The molecule has 0 atom stereocenters. The van der Waals surface area contributed by atoms with Gasteiger partial charge in [0.25, 0.3) is 5.56 Å². The number of aromatic nitrogens is 2. The zero-order valence-corrected chi connectivity index (χ0v) is 9.82. The second-order valence-electron chi connectivity index (χ2n) is 4.42. The van der Waals surface area contributed by atoms with Crippen molar-refractivity contribution in [2.75, 3.05) is 13.2 Å². The highest BCUT2D eigenvalue weighted by Crippen LogP contribution is 2.28. The summed E-state index contributed by atoms with van der Waals surface area (Å²) < 4.78 is 19.2. The lowest BCUT2D eigenvalue weighted by molar-refractivity contribution is 0.118. The van der Waals surface area contributed by atoms with Gasteiger partial charge in [0, 0.05) is 19.8 Å². The van der Waals surface area contributed by atoms with Crippen molar-refractivity contribution in [3.63, 3.8) is 0 Å². The third-order valence-electron chi connectivity index (χ3n) is 2.84. The van der Waals surface area contributed by atoms with Gasteiger partial charge in [-0.3, -0.25) is 14.3 Å². The largest absolute Gasteiger partial charge is 0.492 e. The number of aromatic amines is 1. The molecule has 0 aromatic carbocycles. The lowest BCUT2D eigenvalue weighted by Crippen LogP contribution is -2.32. The van der Waals surface area contributed by atoms with Crippen LogP contribution in [-0.2, 0) is 11.3 Å². The van der Waals surface area contributed by atoms with Gasteiger partial charge in [-0.2, -0.15) is 4.39 Å². The molecule has 18 heavy (non-hydrogen) atoms. The average Bonchev–Trinajstić information content (AvgIpc) is 3.14. The third kappa shape index (κ3) is 2.98. The SMILES string of the molecule is O=c1[nH]c(=O)n(CCCOCC2CC2)c(O)c1F. The lowest BCUT2D eigenvalue weighted by Gasteiger charge is -2.08. The summed E-state index contributed by atoms with van der Waals surface area (Å²) in [6.07, 6.45) is 2.86. The molecule has 1 fully saturated rings. The summed E-state index contributed by atoms with van der Waals surface area (Å²) >= 11 is 0. The number of nitrogens with zero attached hydrogens (tertiary/aromatic N) is 1. The number of halogens is 1. The Balaban J connectivity index is 1.90. The first-order chi connectivity index (χ1) is 8.59. The Morgan fingerprint density at radius 2 is 2.17 bits per heavy atom. The molecule has 2 N–H and O–H groups in total. The Labute approximate surface area is 102 Å². The minimum atomic E-state index is -1.34. The maximum Gasteiger partial charge on any atom is 0.331 e. The van der Waals surface area contributed by atoms with Gasteiger partial charge in [0.2, 0.25) is 11.7 Å². The van der Waals surface area contributed by atoms with Crippen LogP contribution in [0.4, 0.5) is 4.39 Å². The molecule has 1 aliphatic carbocycles. The first kappa shape index (κ1) is 12.8. The summed E-state index contributed by atoms with van der Waals surface area (Å²) in [7, 11) is 0. The number of hydrogen-bond acceptors (Lipinski definition) is 4. The summed E-state index contributed by atoms with van der Waals surface area (Å²) in [5, 5.41) is 9.34. The van der Waals surface area contributed by atoms with E-state index >= 15 is 0 Å². The van der Waals surface area contributed by atoms with Crippen LogP contribution >= 0.6 is 0 Å². The molecular formula is C11H15FN2O4. The first-order valence-corrected chi connectivity index (χ1v) is 5.89. The molecule has 1 heterocycles. The van der Waals surface area contributed by atoms with Crippen molar-refractivity contribution in [1.29, 1.82) is 0 Å². The van der Waals surface area contributed by atoms with Gasteiger partial charge in [0.15, 0.2) is 0 Å². The minimum Gasteiger partial charge on any atom is -0.492 e. The molecule has 0 aliphatic heterocycles. The molecule has 0 saturated heterocycles. The van der Waals surface area contributed by atoms with E-state index in [-0.39, 0.29) is 6.54 Å². The molecule has 100 valence electrons. The van der Waals surface area contributed by atoms with Crippen LogP contribution in [0.2, 0.25) is 0 Å². The number of rotatable bonds is 6. The highest BCUT2D eigenvalue weighted by Gasteiger charge is 2.21. The maximum atomic E-state index is 13.1. The van der Waals surface area contributed by atoms with E-state index in [0.29, 0.717) is 25.6 Å². The van der Waals surface area contributed by atoms with E-state index in [1.165, 1.54) is 12.8 Å². The van der Waals surface area contributed by atoms with E-state index in [1.54, 1.807) is 4.98 Å². The van der Waals surface area contributed by atoms with Crippen molar-refractivity contribution in [2.45, 2.75) is 25.8 Å². The summed E-state index contributed by atoms with van der Waals surface area (Å²) in [6.45, 7) is 1.24. The first-order valence-electron chi connectivity index (χ1n) is 5.89. The topological polar surface area (TPSA) is 84.3 Å². The summed E-state index contributed by atoms with van der Waals surface area (Å²) in [5.74, 6) is -1.61. The van der Waals surface area contributed by atoms with Gasteiger partial charge in [-0.1, -0.05) is 0 Å². The standard InChI is InChI=1S/C11H15FN2O4/c12-8-9(15)13-11(17)14(10(8)16)4-1-5-18-6-7-2-3-7/h7,16H,1-6H2,(H,13,15,17). The fourth-order valence-electron chi connectivity index (χ4n) is 1.60. The van der Waals surface area contributed by atoms with Crippen molar-refractivity contribution in [2.24, 2.45) is 5.92 Å². The highest BCUT2D eigenvalue weighted by atomic mass is 19.1. The van der Waals surface area contributed by atoms with E-state index in [4.69, 9.17) is 4.74 Å². The van der Waals surface area contributed by atoms with Crippen LogP contribution in [0.25, 0.3) is 0 Å². The molecule has 0 radical (unpaired) electrons. The number of aromatic hydroxyl groups is 1. The quantitative estimate of drug-likeness (QED) is 0.714. The molecule has 2 rings (SSSR count). The molecule has 0 unspecified atom stereocenters. The average molecular weight is 258 g/mol. The van der Waals surface area contributed by atoms with E-state index in [0.717, 1.165) is 4.57 Å². The molecule has 6 nitrogen and oxygen atoms in total. The van der Waals surface area contributed by atoms with Crippen LogP contribution < -0.4 is 11.2 Å². The van der Waals surface area contributed by atoms with Gasteiger partial charge < -0.3 is 9.84 Å². The zero-order chi connectivity index (χ0) is 13.1. The lowest BCUT2D eigenvalue weighted by atomic mass is 10.4. The Hall–Kier alpha value is -1.63. The molecule has 0 amide bonds. The van der Waals surface area contributed by atoms with Gasteiger partial charge in [-0.15, -0.1) is 0 Å². The van der Waals surface area contributed by atoms with Gasteiger partial charge >= 0.3 is 5.69 Å². The zero-order valence-electron chi connectivity index (χ0n) is 9.82. The molecule has 1 aliphatic rings. The number of hydrogen-bond donors (Lipinski definition) is 2. The third-order valence-corrected chi connectivity index (χ3v) is 2.84. The van der Waals surface area contributed by atoms with E-state index < -0.39 is 22.9 Å². The number of H-pyrrole nitrogens is 1. The van der Waals surface area contributed by atoms with Crippen LogP contribution in [0.5, 0.6) is 5.88 Å². The smallest absolute Gasteiger partial charge is 0.331 e. The van der Waals surface area contributed by atoms with Crippen molar-refractivity contribution in [3.05, 3.63) is 26.7 Å². The van der Waals surface area contributed by atoms with Crippen molar-refractivity contribution >= 4 is 0 Å². The predicted octanol–water partition coefficient (Wildman–Crippen LogP) is 0.198.